The van der Waals surface area contributed by atoms with E-state index in [1.54, 1.807) is 0 Å². The lowest BCUT2D eigenvalue weighted by Crippen LogP contribution is -2.56. The van der Waals surface area contributed by atoms with Crippen LogP contribution >= 0.6 is 0 Å². The Hall–Kier alpha value is -2.08. The topological polar surface area (TPSA) is 76.1 Å². The van der Waals surface area contributed by atoms with E-state index in [0.29, 0.717) is 26.0 Å². The Kier molecular flexibility index (Phi) is 6.20. The Morgan fingerprint density at radius 3 is 2.83 bits per heavy atom. The summed E-state index contributed by atoms with van der Waals surface area (Å²) in [6.45, 7) is 3.11. The lowest BCUT2D eigenvalue weighted by molar-refractivity contribution is -0.160. The van der Waals surface area contributed by atoms with E-state index >= 15 is 0 Å². The molecule has 1 N–H and O–H groups in total. The second-order valence-electron chi connectivity index (χ2n) is 6.09. The van der Waals surface area contributed by atoms with E-state index in [4.69, 9.17) is 9.47 Å². The Labute approximate surface area is 142 Å². The highest BCUT2D eigenvalue weighted by molar-refractivity contribution is 5.89. The minimum Gasteiger partial charge on any atom is -0.494 e. The largest absolute Gasteiger partial charge is 0.494 e. The van der Waals surface area contributed by atoms with Crippen molar-refractivity contribution >= 4 is 11.9 Å². The van der Waals surface area contributed by atoms with E-state index in [-0.39, 0.29) is 18.9 Å². The number of rotatable bonds is 8. The number of nitrogens with zero attached hydrogens (tertiary/aromatic N) is 1. The molecule has 1 aliphatic rings. The summed E-state index contributed by atoms with van der Waals surface area (Å²) in [6.07, 6.45) is 2.15. The molecule has 24 heavy (non-hydrogen) atoms. The SMILES string of the molecule is CCCOc1cccc(CC(=O)N2CCCC2(COC)C(=O)O)c1. The number of hydrogen-bond acceptors (Lipinski definition) is 4. The summed E-state index contributed by atoms with van der Waals surface area (Å²) >= 11 is 0. The van der Waals surface area contributed by atoms with E-state index in [2.05, 4.69) is 0 Å². The molecule has 2 rings (SSSR count). The Morgan fingerprint density at radius 1 is 1.38 bits per heavy atom. The molecule has 1 atom stereocenters. The fourth-order valence-corrected chi connectivity index (χ4v) is 3.15. The first-order chi connectivity index (χ1) is 11.5. The molecule has 132 valence electrons. The highest BCUT2D eigenvalue weighted by atomic mass is 16.5. The maximum absolute atomic E-state index is 12.7. The predicted octanol–water partition coefficient (Wildman–Crippen LogP) is 2.11. The van der Waals surface area contributed by atoms with Crippen LogP contribution in [0.25, 0.3) is 0 Å². The second-order valence-corrected chi connectivity index (χ2v) is 6.09. The lowest BCUT2D eigenvalue weighted by Gasteiger charge is -2.34. The number of carboxylic acid groups (broad SMARTS) is 1. The van der Waals surface area contributed by atoms with Crippen LogP contribution in [0.4, 0.5) is 0 Å². The maximum atomic E-state index is 12.7. The van der Waals surface area contributed by atoms with Crippen molar-refractivity contribution in [3.63, 3.8) is 0 Å². The Balaban J connectivity index is 2.12. The number of amides is 1. The third-order valence-corrected chi connectivity index (χ3v) is 4.30. The van der Waals surface area contributed by atoms with Crippen molar-refractivity contribution in [3.05, 3.63) is 29.8 Å². The van der Waals surface area contributed by atoms with Gasteiger partial charge in [0.05, 0.1) is 19.6 Å². The van der Waals surface area contributed by atoms with Gasteiger partial charge in [0.15, 0.2) is 5.54 Å². The zero-order valence-electron chi connectivity index (χ0n) is 14.3. The van der Waals surface area contributed by atoms with Crippen molar-refractivity contribution in [2.75, 3.05) is 26.9 Å². The summed E-state index contributed by atoms with van der Waals surface area (Å²) in [7, 11) is 1.46. The van der Waals surface area contributed by atoms with Gasteiger partial charge in [0.25, 0.3) is 0 Å². The summed E-state index contributed by atoms with van der Waals surface area (Å²) in [5, 5.41) is 9.63. The van der Waals surface area contributed by atoms with Gasteiger partial charge in [-0.05, 0) is 37.0 Å². The summed E-state index contributed by atoms with van der Waals surface area (Å²) in [5.74, 6) is -0.472. The number of methoxy groups -OCH3 is 1. The zero-order valence-corrected chi connectivity index (χ0v) is 14.3. The van der Waals surface area contributed by atoms with Crippen LogP contribution in [-0.2, 0) is 20.7 Å². The minimum atomic E-state index is -1.25. The molecule has 1 amide bonds. The van der Waals surface area contributed by atoms with Gasteiger partial charge in [-0.1, -0.05) is 19.1 Å². The van der Waals surface area contributed by atoms with E-state index in [9.17, 15) is 14.7 Å². The number of carbonyl (C=O) groups excluding carboxylic acids is 1. The number of aliphatic carboxylic acids is 1. The van der Waals surface area contributed by atoms with Crippen LogP contribution in [0.5, 0.6) is 5.75 Å². The number of hydrogen-bond donors (Lipinski definition) is 1. The Morgan fingerprint density at radius 2 is 2.17 bits per heavy atom. The van der Waals surface area contributed by atoms with E-state index in [1.807, 2.05) is 31.2 Å². The van der Waals surface area contributed by atoms with Crippen molar-refractivity contribution in [2.24, 2.45) is 0 Å². The summed E-state index contributed by atoms with van der Waals surface area (Å²) in [4.78, 5) is 25.9. The van der Waals surface area contributed by atoms with Gasteiger partial charge in [0.2, 0.25) is 5.91 Å². The second kappa shape index (κ2) is 8.15. The standard InChI is InChI=1S/C18H25NO5/c1-3-10-24-15-7-4-6-14(11-15)12-16(20)19-9-5-8-18(19,13-23-2)17(21)22/h4,6-7,11H,3,5,8-10,12-13H2,1-2H3,(H,21,22). The Bertz CT molecular complexity index is 589. The molecule has 1 aliphatic heterocycles. The van der Waals surface area contributed by atoms with Crippen LogP contribution in [0.15, 0.2) is 24.3 Å². The molecule has 0 bridgehead atoms. The highest BCUT2D eigenvalue weighted by Gasteiger charge is 2.49. The molecule has 0 spiro atoms. The van der Waals surface area contributed by atoms with Gasteiger partial charge in [-0.15, -0.1) is 0 Å². The normalized spacial score (nSPS) is 20.2. The molecule has 1 saturated heterocycles. The van der Waals surface area contributed by atoms with Gasteiger partial charge in [0, 0.05) is 13.7 Å². The summed E-state index contributed by atoms with van der Waals surface area (Å²) in [6, 6.07) is 7.39. The van der Waals surface area contributed by atoms with Crippen molar-refractivity contribution in [3.8, 4) is 5.75 Å². The van der Waals surface area contributed by atoms with Crippen LogP contribution in [0.1, 0.15) is 31.7 Å². The third kappa shape index (κ3) is 3.87. The van der Waals surface area contributed by atoms with Gasteiger partial charge in [-0.25, -0.2) is 4.79 Å². The molecule has 1 aromatic carbocycles. The van der Waals surface area contributed by atoms with Crippen molar-refractivity contribution < 1.29 is 24.2 Å². The van der Waals surface area contributed by atoms with Crippen LogP contribution in [0, 0.1) is 0 Å². The van der Waals surface area contributed by atoms with E-state index in [0.717, 1.165) is 17.7 Å². The molecule has 0 radical (unpaired) electrons. The fraction of sp³-hybridized carbons (Fsp3) is 0.556. The quantitative estimate of drug-likeness (QED) is 0.787. The van der Waals surface area contributed by atoms with Gasteiger partial charge in [-0.2, -0.15) is 0 Å². The molecular weight excluding hydrogens is 310 g/mol. The number of likely N-dealkylation sites (tertiary alicyclic amines) is 1. The van der Waals surface area contributed by atoms with Crippen LogP contribution in [0.3, 0.4) is 0 Å². The molecule has 0 aromatic heterocycles. The first kappa shape index (κ1) is 18.3. The number of carbonyl (C=O) groups is 2. The van der Waals surface area contributed by atoms with Gasteiger partial charge >= 0.3 is 5.97 Å². The average molecular weight is 335 g/mol. The maximum Gasteiger partial charge on any atom is 0.332 e. The lowest BCUT2D eigenvalue weighted by atomic mass is 9.96. The van der Waals surface area contributed by atoms with Crippen LogP contribution in [-0.4, -0.2) is 54.3 Å². The minimum absolute atomic E-state index is 0.00766. The van der Waals surface area contributed by atoms with E-state index in [1.165, 1.54) is 12.0 Å². The van der Waals surface area contributed by atoms with E-state index < -0.39 is 11.5 Å². The predicted molar refractivity (Wildman–Crippen MR) is 89.1 cm³/mol. The molecule has 0 saturated carbocycles. The van der Waals surface area contributed by atoms with Gasteiger partial charge in [0.1, 0.15) is 5.75 Å². The molecule has 1 fully saturated rings. The first-order valence-electron chi connectivity index (χ1n) is 8.28. The molecule has 0 aliphatic carbocycles. The third-order valence-electron chi connectivity index (χ3n) is 4.30. The first-order valence-corrected chi connectivity index (χ1v) is 8.28. The van der Waals surface area contributed by atoms with Crippen molar-refractivity contribution in [1.82, 2.24) is 4.90 Å². The van der Waals surface area contributed by atoms with Gasteiger partial charge < -0.3 is 19.5 Å². The molecule has 6 heteroatoms. The molecule has 1 heterocycles. The fourth-order valence-electron chi connectivity index (χ4n) is 3.15. The van der Waals surface area contributed by atoms with Crippen molar-refractivity contribution in [2.45, 2.75) is 38.1 Å². The molecular formula is C18H25NO5. The summed E-state index contributed by atoms with van der Waals surface area (Å²) < 4.78 is 10.7. The zero-order chi connectivity index (χ0) is 17.6. The highest BCUT2D eigenvalue weighted by Crippen LogP contribution is 2.31. The van der Waals surface area contributed by atoms with Crippen molar-refractivity contribution in [1.29, 1.82) is 0 Å². The number of carboxylic acids is 1. The monoisotopic (exact) mass is 335 g/mol. The van der Waals surface area contributed by atoms with Crippen LogP contribution < -0.4 is 4.74 Å². The molecule has 1 unspecified atom stereocenters. The smallest absolute Gasteiger partial charge is 0.332 e. The summed E-state index contributed by atoms with van der Waals surface area (Å²) in [5.41, 5.74) is -0.431. The number of benzene rings is 1. The van der Waals surface area contributed by atoms with Gasteiger partial charge in [-0.3, -0.25) is 4.79 Å². The molecule has 6 nitrogen and oxygen atoms in total. The average Bonchev–Trinajstić information content (AvgIpc) is 2.99. The van der Waals surface area contributed by atoms with Crippen LogP contribution in [0.2, 0.25) is 0 Å². The number of ether oxygens (including phenoxy) is 2. The molecule has 1 aromatic rings.